The maximum absolute atomic E-state index is 12.0. The molecule has 5 N–H and O–H groups in total. The second kappa shape index (κ2) is 10.1. The van der Waals surface area contributed by atoms with Crippen molar-refractivity contribution in [2.45, 2.75) is 39.7 Å². The highest BCUT2D eigenvalue weighted by Gasteiger charge is 2.32. The number of cyclic esters (lactones) is 1. The molecule has 1 aliphatic heterocycles. The van der Waals surface area contributed by atoms with Gasteiger partial charge in [-0.1, -0.05) is 11.6 Å². The van der Waals surface area contributed by atoms with Gasteiger partial charge < -0.3 is 30.7 Å². The van der Waals surface area contributed by atoms with Crippen molar-refractivity contribution >= 4 is 17.8 Å². The smallest absolute Gasteiger partial charge is 0.342 e. The number of ether oxygens (including phenoxy) is 2. The van der Waals surface area contributed by atoms with Crippen molar-refractivity contribution in [3.05, 3.63) is 33.9 Å². The molecule has 1 heterocycles. The highest BCUT2D eigenvalue weighted by atomic mass is 16.5. The summed E-state index contributed by atoms with van der Waals surface area (Å²) in [5.41, 5.74) is 7.91. The third-order valence-corrected chi connectivity index (χ3v) is 5.24. The zero-order chi connectivity index (χ0) is 22.4. The Morgan fingerprint density at radius 1 is 1.37 bits per heavy atom. The molecule has 0 radical (unpaired) electrons. The van der Waals surface area contributed by atoms with Crippen molar-refractivity contribution in [3.8, 4) is 11.5 Å². The Morgan fingerprint density at radius 2 is 2.07 bits per heavy atom. The van der Waals surface area contributed by atoms with Crippen LogP contribution in [0, 0.1) is 12.8 Å². The summed E-state index contributed by atoms with van der Waals surface area (Å²) in [6.07, 6.45) is 1.74. The number of carbonyl (C=O) groups excluding carboxylic acids is 2. The van der Waals surface area contributed by atoms with Gasteiger partial charge in [0, 0.05) is 30.6 Å². The first-order valence-corrected chi connectivity index (χ1v) is 9.64. The molecule has 2 rings (SSSR count). The normalized spacial score (nSPS) is 14.1. The average Bonchev–Trinajstić information content (AvgIpc) is 3.08. The van der Waals surface area contributed by atoms with E-state index in [0.29, 0.717) is 41.1 Å². The van der Waals surface area contributed by atoms with E-state index in [4.69, 9.17) is 15.2 Å². The summed E-state index contributed by atoms with van der Waals surface area (Å²) in [5.74, 6) is -2.16. The zero-order valence-corrected chi connectivity index (χ0v) is 17.4. The van der Waals surface area contributed by atoms with Crippen LogP contribution >= 0.6 is 0 Å². The van der Waals surface area contributed by atoms with Crippen LogP contribution in [-0.4, -0.2) is 48.3 Å². The van der Waals surface area contributed by atoms with Gasteiger partial charge in [0.15, 0.2) is 0 Å². The van der Waals surface area contributed by atoms with Gasteiger partial charge in [-0.05, 0) is 31.7 Å². The van der Waals surface area contributed by atoms with E-state index in [9.17, 15) is 24.6 Å². The summed E-state index contributed by atoms with van der Waals surface area (Å²) in [5, 5.41) is 22.5. The van der Waals surface area contributed by atoms with Gasteiger partial charge in [-0.15, -0.1) is 0 Å². The minimum atomic E-state index is -1.02. The summed E-state index contributed by atoms with van der Waals surface area (Å²) < 4.78 is 10.5. The van der Waals surface area contributed by atoms with Crippen LogP contribution in [0.25, 0.3) is 0 Å². The molecule has 1 unspecified atom stereocenters. The standard InChI is InChI=1S/C21H28N2O7/c1-11(13(9-17(25)26)8-16(24)23-7-6-22)4-5-14-19(27)18-15(10-30-21(18)28)12(2)20(14)29-3/h4,13,27H,5-10,22H2,1-3H3,(H,23,24)(H,25,26)/b11-4+. The third-order valence-electron chi connectivity index (χ3n) is 5.24. The van der Waals surface area contributed by atoms with Crippen LogP contribution in [0.5, 0.6) is 11.5 Å². The number of fused-ring (bicyclic) bond motifs is 1. The molecule has 164 valence electrons. The van der Waals surface area contributed by atoms with Crippen molar-refractivity contribution in [1.29, 1.82) is 0 Å². The van der Waals surface area contributed by atoms with E-state index in [1.165, 1.54) is 7.11 Å². The lowest BCUT2D eigenvalue weighted by Gasteiger charge is -2.18. The van der Waals surface area contributed by atoms with Crippen molar-refractivity contribution in [2.75, 3.05) is 20.2 Å². The number of hydrogen-bond acceptors (Lipinski definition) is 7. The first-order chi connectivity index (χ1) is 14.2. The molecule has 0 saturated carbocycles. The largest absolute Gasteiger partial charge is 0.507 e. The minimum absolute atomic E-state index is 0.00723. The van der Waals surface area contributed by atoms with Crippen LogP contribution in [0.15, 0.2) is 11.6 Å². The van der Waals surface area contributed by atoms with Gasteiger partial charge >= 0.3 is 11.9 Å². The van der Waals surface area contributed by atoms with Crippen LogP contribution in [-0.2, 0) is 27.4 Å². The zero-order valence-electron chi connectivity index (χ0n) is 17.4. The molecule has 1 amide bonds. The van der Waals surface area contributed by atoms with Gasteiger partial charge in [0.1, 0.15) is 23.7 Å². The number of rotatable bonds is 10. The van der Waals surface area contributed by atoms with Crippen molar-refractivity contribution in [1.82, 2.24) is 5.32 Å². The fraction of sp³-hybridized carbons (Fsp3) is 0.476. The maximum Gasteiger partial charge on any atom is 0.342 e. The summed E-state index contributed by atoms with van der Waals surface area (Å²) in [4.78, 5) is 35.3. The average molecular weight is 420 g/mol. The Kier molecular flexibility index (Phi) is 7.82. The fourth-order valence-corrected chi connectivity index (χ4v) is 3.57. The number of carboxylic acid groups (broad SMARTS) is 1. The molecule has 1 aliphatic rings. The predicted molar refractivity (Wildman–Crippen MR) is 108 cm³/mol. The lowest BCUT2D eigenvalue weighted by molar-refractivity contribution is -0.138. The number of phenols is 1. The number of allylic oxidation sites excluding steroid dienone is 2. The number of esters is 1. The number of aliphatic carboxylic acids is 1. The molecule has 9 nitrogen and oxygen atoms in total. The number of benzene rings is 1. The monoisotopic (exact) mass is 420 g/mol. The van der Waals surface area contributed by atoms with E-state index in [0.717, 1.165) is 0 Å². The van der Waals surface area contributed by atoms with Crippen LogP contribution in [0.1, 0.15) is 46.8 Å². The van der Waals surface area contributed by atoms with E-state index in [1.54, 1.807) is 19.9 Å². The van der Waals surface area contributed by atoms with Crippen LogP contribution in [0.4, 0.5) is 0 Å². The molecule has 1 aromatic rings. The highest BCUT2D eigenvalue weighted by Crippen LogP contribution is 2.42. The summed E-state index contributed by atoms with van der Waals surface area (Å²) in [6.45, 7) is 4.22. The first kappa shape index (κ1) is 23.2. The quantitative estimate of drug-likeness (QED) is 0.328. The minimum Gasteiger partial charge on any atom is -0.507 e. The van der Waals surface area contributed by atoms with Crippen LogP contribution < -0.4 is 15.8 Å². The molecule has 0 spiro atoms. The second-order valence-electron chi connectivity index (χ2n) is 7.20. The molecule has 9 heteroatoms. The number of hydrogen-bond donors (Lipinski definition) is 4. The lowest BCUT2D eigenvalue weighted by atomic mass is 9.90. The number of nitrogens with one attached hydrogen (secondary N) is 1. The van der Waals surface area contributed by atoms with Gasteiger partial charge in [0.25, 0.3) is 0 Å². The van der Waals surface area contributed by atoms with Crippen molar-refractivity contribution in [3.63, 3.8) is 0 Å². The number of amides is 1. The Balaban J connectivity index is 2.32. The number of phenolic OH excluding ortho intramolecular Hbond substituents is 1. The van der Waals surface area contributed by atoms with E-state index in [1.807, 2.05) is 0 Å². The lowest BCUT2D eigenvalue weighted by Crippen LogP contribution is -2.31. The number of methoxy groups -OCH3 is 1. The molecule has 1 atom stereocenters. The van der Waals surface area contributed by atoms with Gasteiger partial charge in [0.05, 0.1) is 13.5 Å². The summed E-state index contributed by atoms with van der Waals surface area (Å²) >= 11 is 0. The Hall–Kier alpha value is -3.07. The summed E-state index contributed by atoms with van der Waals surface area (Å²) in [6, 6.07) is 0. The van der Waals surface area contributed by atoms with E-state index < -0.39 is 17.9 Å². The highest BCUT2D eigenvalue weighted by molar-refractivity contribution is 5.98. The van der Waals surface area contributed by atoms with Crippen LogP contribution in [0.3, 0.4) is 0 Å². The third kappa shape index (κ3) is 5.10. The van der Waals surface area contributed by atoms with Gasteiger partial charge in [0.2, 0.25) is 5.91 Å². The summed E-state index contributed by atoms with van der Waals surface area (Å²) in [7, 11) is 1.47. The number of aromatic hydroxyl groups is 1. The number of carbonyl (C=O) groups is 3. The molecule has 0 aromatic heterocycles. The van der Waals surface area contributed by atoms with Crippen molar-refractivity contribution in [2.24, 2.45) is 11.7 Å². The Morgan fingerprint density at radius 3 is 2.67 bits per heavy atom. The molecule has 30 heavy (non-hydrogen) atoms. The Bertz CT molecular complexity index is 877. The SMILES string of the molecule is COc1c(C)c2c(c(O)c1C/C=C(\C)C(CC(=O)O)CC(=O)NCCN)C(=O)OC2. The first-order valence-electron chi connectivity index (χ1n) is 9.64. The molecular weight excluding hydrogens is 392 g/mol. The van der Waals surface area contributed by atoms with E-state index >= 15 is 0 Å². The molecular formula is C21H28N2O7. The predicted octanol–water partition coefficient (Wildman–Crippen LogP) is 1.42. The van der Waals surface area contributed by atoms with Gasteiger partial charge in [-0.3, -0.25) is 9.59 Å². The molecule has 0 aliphatic carbocycles. The fourth-order valence-electron chi connectivity index (χ4n) is 3.57. The molecule has 0 fully saturated rings. The second-order valence-corrected chi connectivity index (χ2v) is 7.20. The number of carboxylic acids is 1. The van der Waals surface area contributed by atoms with Gasteiger partial charge in [-0.2, -0.15) is 0 Å². The van der Waals surface area contributed by atoms with E-state index in [2.05, 4.69) is 5.32 Å². The van der Waals surface area contributed by atoms with Crippen molar-refractivity contribution < 1.29 is 34.1 Å². The van der Waals surface area contributed by atoms with Crippen LogP contribution in [0.2, 0.25) is 0 Å². The molecule has 0 saturated heterocycles. The molecule has 1 aromatic carbocycles. The topological polar surface area (TPSA) is 148 Å². The van der Waals surface area contributed by atoms with E-state index in [-0.39, 0.29) is 43.1 Å². The molecule has 0 bridgehead atoms. The Labute approximate surface area is 174 Å². The van der Waals surface area contributed by atoms with Gasteiger partial charge in [-0.25, -0.2) is 4.79 Å². The number of nitrogens with two attached hydrogens (primary N) is 1. The maximum atomic E-state index is 12.0.